The number of rotatable bonds is 11. The molecule has 0 radical (unpaired) electrons. The minimum absolute atomic E-state index is 0.0204. The van der Waals surface area contributed by atoms with Crippen molar-refractivity contribution in [2.75, 3.05) is 6.54 Å². The lowest BCUT2D eigenvalue weighted by atomic mass is 10.0. The highest BCUT2D eigenvalue weighted by atomic mass is 35.5. The number of nitrogens with one attached hydrogen (secondary N) is 2. The van der Waals surface area contributed by atoms with Crippen LogP contribution in [0.3, 0.4) is 0 Å². The molecule has 1 aromatic heterocycles. The summed E-state index contributed by atoms with van der Waals surface area (Å²) in [5, 5.41) is 2.57. The first kappa shape index (κ1) is 26.2. The van der Waals surface area contributed by atoms with E-state index in [0.717, 1.165) is 24.2 Å². The Morgan fingerprint density at radius 3 is 2.54 bits per heavy atom. The first-order valence-electron chi connectivity index (χ1n) is 11.1. The number of aryl methyl sites for hydroxylation is 1. The van der Waals surface area contributed by atoms with Gasteiger partial charge in [-0.15, -0.1) is 6.58 Å². The molecule has 0 aliphatic rings. The molecule has 0 spiro atoms. The highest BCUT2D eigenvalue weighted by Gasteiger charge is 2.21. The third-order valence-electron chi connectivity index (χ3n) is 5.32. The van der Waals surface area contributed by atoms with Crippen LogP contribution in [0, 0.1) is 0 Å². The van der Waals surface area contributed by atoms with E-state index in [-0.39, 0.29) is 16.6 Å². The smallest absolute Gasteiger partial charge is 0.328 e. The van der Waals surface area contributed by atoms with Crippen molar-refractivity contribution in [2.45, 2.75) is 37.6 Å². The van der Waals surface area contributed by atoms with Crippen molar-refractivity contribution in [1.82, 2.24) is 19.6 Å². The van der Waals surface area contributed by atoms with Crippen LogP contribution in [0.1, 0.15) is 41.6 Å². The van der Waals surface area contributed by atoms with E-state index in [2.05, 4.69) is 23.8 Å². The molecule has 0 bridgehead atoms. The summed E-state index contributed by atoms with van der Waals surface area (Å²) in [4.78, 5) is 27.8. The number of amides is 2. The van der Waals surface area contributed by atoms with Crippen LogP contribution >= 0.6 is 11.6 Å². The van der Waals surface area contributed by atoms with Crippen LogP contribution in [0.15, 0.2) is 66.1 Å². The van der Waals surface area contributed by atoms with E-state index in [4.69, 9.17) is 11.6 Å². The van der Waals surface area contributed by atoms with E-state index in [1.807, 2.05) is 21.4 Å². The first-order valence-corrected chi connectivity index (χ1v) is 13.0. The van der Waals surface area contributed by atoms with Gasteiger partial charge in [0, 0.05) is 25.1 Å². The number of nitrogens with zero attached hydrogens (tertiary/aromatic N) is 2. The fourth-order valence-electron chi connectivity index (χ4n) is 3.59. The number of hydrogen-bond acceptors (Lipinski definition) is 5. The Bertz CT molecular complexity index is 1320. The summed E-state index contributed by atoms with van der Waals surface area (Å²) >= 11 is 6.17. The van der Waals surface area contributed by atoms with Gasteiger partial charge in [-0.25, -0.2) is 22.9 Å². The lowest BCUT2D eigenvalue weighted by Gasteiger charge is -2.13. The molecule has 0 aliphatic heterocycles. The lowest BCUT2D eigenvalue weighted by Crippen LogP contribution is -2.39. The van der Waals surface area contributed by atoms with Crippen LogP contribution in [0.5, 0.6) is 0 Å². The van der Waals surface area contributed by atoms with Gasteiger partial charge >= 0.3 is 6.03 Å². The monoisotopic (exact) mass is 514 g/mol. The molecule has 184 valence electrons. The predicted octanol–water partition coefficient (Wildman–Crippen LogP) is 4.58. The van der Waals surface area contributed by atoms with Gasteiger partial charge in [0.2, 0.25) is 0 Å². The summed E-state index contributed by atoms with van der Waals surface area (Å²) < 4.78 is 29.5. The molecule has 3 rings (SSSR count). The minimum Gasteiger partial charge on any atom is -0.334 e. The highest BCUT2D eigenvalue weighted by molar-refractivity contribution is 7.90. The van der Waals surface area contributed by atoms with Gasteiger partial charge in [0.25, 0.3) is 10.0 Å². The van der Waals surface area contributed by atoms with Crippen molar-refractivity contribution >= 4 is 33.9 Å². The zero-order valence-corrected chi connectivity index (χ0v) is 20.9. The Labute approximate surface area is 210 Å². The number of urea groups is 1. The van der Waals surface area contributed by atoms with E-state index in [1.54, 1.807) is 30.3 Å². The maximum absolute atomic E-state index is 12.9. The lowest BCUT2D eigenvalue weighted by molar-refractivity contribution is 0.111. The molecule has 2 aromatic carbocycles. The van der Waals surface area contributed by atoms with Gasteiger partial charge in [0.05, 0.1) is 4.90 Å². The molecule has 2 N–H and O–H groups in total. The quantitative estimate of drug-likeness (QED) is 0.287. The van der Waals surface area contributed by atoms with E-state index >= 15 is 0 Å². The molecular formula is C25H27ClN4O4S. The van der Waals surface area contributed by atoms with Gasteiger partial charge in [-0.2, -0.15) is 0 Å². The number of halogens is 1. The average Bonchev–Trinajstić information content (AvgIpc) is 3.15. The van der Waals surface area contributed by atoms with Crippen LogP contribution in [0.25, 0.3) is 11.1 Å². The highest BCUT2D eigenvalue weighted by Crippen LogP contribution is 2.28. The van der Waals surface area contributed by atoms with Crippen molar-refractivity contribution < 1.29 is 18.0 Å². The fraction of sp³-hybridized carbons (Fsp3) is 0.240. The van der Waals surface area contributed by atoms with E-state index < -0.39 is 16.1 Å². The molecule has 0 fully saturated rings. The van der Waals surface area contributed by atoms with Gasteiger partial charge in [0.1, 0.15) is 11.5 Å². The Morgan fingerprint density at radius 2 is 1.89 bits per heavy atom. The molecular weight excluding hydrogens is 488 g/mol. The zero-order valence-electron chi connectivity index (χ0n) is 19.3. The summed E-state index contributed by atoms with van der Waals surface area (Å²) in [7, 11) is -4.11. The van der Waals surface area contributed by atoms with Crippen molar-refractivity contribution in [3.63, 3.8) is 0 Å². The standard InChI is InChI=1S/C25H27ClN4O4S/c1-3-5-10-23-28-24(26)21(17-31)30(23)16-18-11-13-19(14-12-18)20-8-6-7-9-22(20)35(33,34)29-25(32)27-15-4-2/h4,6-9,11-14,17H,2-3,5,10,15-16H2,1H3,(H2,27,29,32). The van der Waals surface area contributed by atoms with E-state index in [9.17, 15) is 18.0 Å². The molecule has 3 aromatic rings. The fourth-order valence-corrected chi connectivity index (χ4v) is 4.99. The maximum Gasteiger partial charge on any atom is 0.328 e. The molecule has 0 unspecified atom stereocenters. The van der Waals surface area contributed by atoms with Gasteiger partial charge in [-0.1, -0.05) is 73.5 Å². The minimum atomic E-state index is -4.11. The Hall–Kier alpha value is -3.43. The summed E-state index contributed by atoms with van der Waals surface area (Å²) in [5.74, 6) is 0.750. The van der Waals surface area contributed by atoms with Crippen LogP contribution in [-0.4, -0.2) is 36.8 Å². The second-order valence-corrected chi connectivity index (χ2v) is 9.82. The molecule has 0 saturated carbocycles. The number of carbonyl (C=O) groups is 2. The normalized spacial score (nSPS) is 11.1. The van der Waals surface area contributed by atoms with E-state index in [0.29, 0.717) is 36.1 Å². The molecule has 1 heterocycles. The van der Waals surface area contributed by atoms with Crippen LogP contribution in [0.2, 0.25) is 5.15 Å². The van der Waals surface area contributed by atoms with Crippen molar-refractivity contribution in [2.24, 2.45) is 0 Å². The second-order valence-electron chi connectivity index (χ2n) is 7.81. The summed E-state index contributed by atoms with van der Waals surface area (Å²) in [5.41, 5.74) is 2.34. The zero-order chi connectivity index (χ0) is 25.4. The van der Waals surface area contributed by atoms with Crippen molar-refractivity contribution in [1.29, 1.82) is 0 Å². The third-order valence-corrected chi connectivity index (χ3v) is 6.99. The number of carbonyl (C=O) groups excluding carboxylic acids is 2. The summed E-state index contributed by atoms with van der Waals surface area (Å²) in [6.07, 6.45) is 4.78. The van der Waals surface area contributed by atoms with Gasteiger partial charge < -0.3 is 9.88 Å². The number of sulfonamides is 1. The Morgan fingerprint density at radius 1 is 1.17 bits per heavy atom. The molecule has 2 amide bonds. The topological polar surface area (TPSA) is 110 Å². The van der Waals surface area contributed by atoms with Crippen LogP contribution < -0.4 is 10.0 Å². The number of imidazole rings is 1. The Balaban J connectivity index is 1.88. The van der Waals surface area contributed by atoms with Gasteiger partial charge in [0.15, 0.2) is 11.4 Å². The molecule has 35 heavy (non-hydrogen) atoms. The SMILES string of the molecule is C=CCNC(=O)NS(=O)(=O)c1ccccc1-c1ccc(Cn2c(CCCC)nc(Cl)c2C=O)cc1. The third kappa shape index (κ3) is 6.37. The molecule has 0 saturated heterocycles. The average molecular weight is 515 g/mol. The number of hydrogen-bond donors (Lipinski definition) is 2. The number of benzene rings is 2. The Kier molecular flexibility index (Phi) is 8.84. The number of aldehydes is 1. The van der Waals surface area contributed by atoms with Crippen molar-refractivity contribution in [3.05, 3.63) is 83.4 Å². The predicted molar refractivity (Wildman–Crippen MR) is 136 cm³/mol. The molecule has 0 aliphatic carbocycles. The first-order chi connectivity index (χ1) is 16.8. The second kappa shape index (κ2) is 11.8. The number of unbranched alkanes of at least 4 members (excludes halogenated alkanes) is 1. The van der Waals surface area contributed by atoms with Crippen LogP contribution in [-0.2, 0) is 23.0 Å². The molecule has 10 heteroatoms. The van der Waals surface area contributed by atoms with Crippen molar-refractivity contribution in [3.8, 4) is 11.1 Å². The summed E-state index contributed by atoms with van der Waals surface area (Å²) in [6, 6.07) is 12.9. The van der Waals surface area contributed by atoms with Gasteiger partial charge in [-0.05, 0) is 23.6 Å². The summed E-state index contributed by atoms with van der Waals surface area (Å²) in [6.45, 7) is 6.10. The molecule has 8 nitrogen and oxygen atoms in total. The largest absolute Gasteiger partial charge is 0.334 e. The molecule has 0 atom stereocenters. The van der Waals surface area contributed by atoms with E-state index in [1.165, 1.54) is 12.1 Å². The maximum atomic E-state index is 12.9. The number of aromatic nitrogens is 2. The van der Waals surface area contributed by atoms with Gasteiger partial charge in [-0.3, -0.25) is 4.79 Å². The van der Waals surface area contributed by atoms with Crippen LogP contribution in [0.4, 0.5) is 4.79 Å².